The number of amides is 1. The van der Waals surface area contributed by atoms with Crippen LogP contribution in [-0.2, 0) is 20.0 Å². The van der Waals surface area contributed by atoms with Crippen molar-refractivity contribution in [2.75, 3.05) is 13.2 Å². The summed E-state index contributed by atoms with van der Waals surface area (Å²) in [6.07, 6.45) is 2.55. The quantitative estimate of drug-likeness (QED) is 0.503. The summed E-state index contributed by atoms with van der Waals surface area (Å²) in [5.41, 5.74) is 5.99. The molecule has 0 unspecified atom stereocenters. The Bertz CT molecular complexity index is 1260. The molecule has 6 heteroatoms. The lowest BCUT2D eigenvalue weighted by Crippen LogP contribution is -2.36. The Kier molecular flexibility index (Phi) is 4.90. The van der Waals surface area contributed by atoms with Gasteiger partial charge in [0, 0.05) is 41.9 Å². The largest absolute Gasteiger partial charge is 0.494 e. The van der Waals surface area contributed by atoms with Crippen LogP contribution < -0.4 is 4.74 Å². The molecule has 0 atom stereocenters. The number of ether oxygens (including phenoxy) is 1. The monoisotopic (exact) mass is 412 g/mol. The average molecular weight is 412 g/mol. The maximum Gasteiger partial charge on any atom is 0.254 e. The Hall–Kier alpha value is -3.67. The number of benzene rings is 2. The van der Waals surface area contributed by atoms with Crippen molar-refractivity contribution >= 4 is 16.8 Å². The van der Waals surface area contributed by atoms with E-state index in [9.17, 15) is 4.79 Å². The number of hydrogen-bond acceptors (Lipinski definition) is 4. The highest BCUT2D eigenvalue weighted by atomic mass is 16.5. The van der Waals surface area contributed by atoms with Crippen LogP contribution in [0.1, 0.15) is 28.5 Å². The number of carbonyl (C=O) groups is 1. The maximum atomic E-state index is 13.2. The van der Waals surface area contributed by atoms with E-state index in [-0.39, 0.29) is 5.91 Å². The van der Waals surface area contributed by atoms with E-state index in [1.165, 1.54) is 5.56 Å². The number of pyridine rings is 1. The Balaban J connectivity index is 1.40. The highest BCUT2D eigenvalue weighted by Gasteiger charge is 2.27. The normalized spacial score (nSPS) is 13.3. The van der Waals surface area contributed by atoms with Gasteiger partial charge in [-0.05, 0) is 61.9 Å². The molecule has 156 valence electrons. The van der Waals surface area contributed by atoms with Crippen molar-refractivity contribution in [2.45, 2.75) is 19.9 Å². The zero-order valence-electron chi connectivity index (χ0n) is 17.7. The SMILES string of the molecule is CCOc1ccc(-c2c3c(nn2C)CN(C(=O)c2ccc4ncccc4c2)CC3)cc1. The fourth-order valence-corrected chi connectivity index (χ4v) is 4.32. The molecule has 2 aromatic heterocycles. The van der Waals surface area contributed by atoms with Crippen molar-refractivity contribution in [3.8, 4) is 17.0 Å². The second-order valence-corrected chi connectivity index (χ2v) is 7.74. The lowest BCUT2D eigenvalue weighted by atomic mass is 9.99. The van der Waals surface area contributed by atoms with Gasteiger partial charge in [-0.3, -0.25) is 14.5 Å². The molecule has 1 amide bonds. The van der Waals surface area contributed by atoms with E-state index in [1.807, 2.05) is 66.0 Å². The van der Waals surface area contributed by atoms with Gasteiger partial charge < -0.3 is 9.64 Å². The highest BCUT2D eigenvalue weighted by Crippen LogP contribution is 2.31. The molecule has 0 saturated heterocycles. The van der Waals surface area contributed by atoms with Crippen molar-refractivity contribution in [2.24, 2.45) is 7.05 Å². The molecule has 1 aliphatic rings. The minimum atomic E-state index is 0.0321. The lowest BCUT2D eigenvalue weighted by molar-refractivity contribution is 0.0732. The summed E-state index contributed by atoms with van der Waals surface area (Å²) in [5, 5.41) is 5.72. The third kappa shape index (κ3) is 3.54. The van der Waals surface area contributed by atoms with E-state index < -0.39 is 0 Å². The zero-order valence-corrected chi connectivity index (χ0v) is 17.7. The van der Waals surface area contributed by atoms with Gasteiger partial charge in [-0.15, -0.1) is 0 Å². The topological polar surface area (TPSA) is 60.2 Å². The molecule has 4 aromatic rings. The molecular formula is C25H24N4O2. The van der Waals surface area contributed by atoms with Gasteiger partial charge in [0.05, 0.1) is 30.1 Å². The highest BCUT2D eigenvalue weighted by molar-refractivity contribution is 5.98. The summed E-state index contributed by atoms with van der Waals surface area (Å²) in [6, 6.07) is 17.7. The summed E-state index contributed by atoms with van der Waals surface area (Å²) in [5.74, 6) is 0.898. The van der Waals surface area contributed by atoms with Crippen LogP contribution in [0.5, 0.6) is 5.75 Å². The average Bonchev–Trinajstić information content (AvgIpc) is 3.14. The third-order valence-electron chi connectivity index (χ3n) is 5.78. The van der Waals surface area contributed by atoms with E-state index in [1.54, 1.807) is 6.20 Å². The molecular weight excluding hydrogens is 388 g/mol. The molecule has 0 saturated carbocycles. The molecule has 0 bridgehead atoms. The maximum absolute atomic E-state index is 13.2. The zero-order chi connectivity index (χ0) is 21.4. The first-order chi connectivity index (χ1) is 15.1. The summed E-state index contributed by atoms with van der Waals surface area (Å²) in [7, 11) is 1.96. The van der Waals surface area contributed by atoms with Crippen molar-refractivity contribution in [3.05, 3.63) is 77.6 Å². The van der Waals surface area contributed by atoms with E-state index >= 15 is 0 Å². The summed E-state index contributed by atoms with van der Waals surface area (Å²) >= 11 is 0. The number of nitrogens with zero attached hydrogens (tertiary/aromatic N) is 4. The minimum absolute atomic E-state index is 0.0321. The lowest BCUT2D eigenvalue weighted by Gasteiger charge is -2.27. The molecule has 0 N–H and O–H groups in total. The minimum Gasteiger partial charge on any atom is -0.494 e. The van der Waals surface area contributed by atoms with Gasteiger partial charge in [0.25, 0.3) is 5.91 Å². The van der Waals surface area contributed by atoms with Gasteiger partial charge in [0.15, 0.2) is 0 Å². The first-order valence-corrected chi connectivity index (χ1v) is 10.6. The number of aromatic nitrogens is 3. The van der Waals surface area contributed by atoms with Crippen molar-refractivity contribution in [3.63, 3.8) is 0 Å². The van der Waals surface area contributed by atoms with Crippen LogP contribution in [0.15, 0.2) is 60.8 Å². The predicted molar refractivity (Wildman–Crippen MR) is 120 cm³/mol. The molecule has 0 radical (unpaired) electrons. The van der Waals surface area contributed by atoms with Crippen LogP contribution >= 0.6 is 0 Å². The van der Waals surface area contributed by atoms with Gasteiger partial charge in [-0.25, -0.2) is 0 Å². The number of hydrogen-bond donors (Lipinski definition) is 0. The van der Waals surface area contributed by atoms with Crippen LogP contribution in [0, 0.1) is 0 Å². The van der Waals surface area contributed by atoms with E-state index in [2.05, 4.69) is 17.1 Å². The van der Waals surface area contributed by atoms with Gasteiger partial charge in [-0.1, -0.05) is 6.07 Å². The van der Waals surface area contributed by atoms with Crippen LogP contribution in [0.4, 0.5) is 0 Å². The fourth-order valence-electron chi connectivity index (χ4n) is 4.32. The number of rotatable bonds is 4. The number of aryl methyl sites for hydroxylation is 1. The van der Waals surface area contributed by atoms with E-state index in [0.717, 1.165) is 40.0 Å². The number of carbonyl (C=O) groups excluding carboxylic acids is 1. The Morgan fingerprint density at radius 2 is 1.97 bits per heavy atom. The van der Waals surface area contributed by atoms with Crippen molar-refractivity contribution in [1.82, 2.24) is 19.7 Å². The van der Waals surface area contributed by atoms with Gasteiger partial charge >= 0.3 is 0 Å². The Morgan fingerprint density at radius 1 is 1.13 bits per heavy atom. The second-order valence-electron chi connectivity index (χ2n) is 7.74. The fraction of sp³-hybridized carbons (Fsp3) is 0.240. The Morgan fingerprint density at radius 3 is 2.77 bits per heavy atom. The molecule has 0 fully saturated rings. The van der Waals surface area contributed by atoms with Crippen molar-refractivity contribution in [1.29, 1.82) is 0 Å². The standard InChI is InChI=1S/C25H24N4O2/c1-3-31-20-9-6-17(7-10-20)24-21-12-14-29(16-23(21)27-28(24)2)25(30)19-8-11-22-18(15-19)5-4-13-26-22/h4-11,13,15H,3,12,14,16H2,1-2H3. The molecule has 1 aliphatic heterocycles. The summed E-state index contributed by atoms with van der Waals surface area (Å²) in [6.45, 7) is 3.82. The first-order valence-electron chi connectivity index (χ1n) is 10.6. The summed E-state index contributed by atoms with van der Waals surface area (Å²) < 4.78 is 7.49. The smallest absolute Gasteiger partial charge is 0.254 e. The van der Waals surface area contributed by atoms with E-state index in [4.69, 9.17) is 9.84 Å². The first kappa shape index (κ1) is 19.3. The van der Waals surface area contributed by atoms with Crippen LogP contribution in [0.25, 0.3) is 22.2 Å². The predicted octanol–water partition coefficient (Wildman–Crippen LogP) is 4.23. The van der Waals surface area contributed by atoms with Crippen LogP contribution in [0.2, 0.25) is 0 Å². The van der Waals surface area contributed by atoms with Gasteiger partial charge in [0.2, 0.25) is 0 Å². The molecule has 0 spiro atoms. The van der Waals surface area contributed by atoms with Gasteiger partial charge in [-0.2, -0.15) is 5.10 Å². The van der Waals surface area contributed by atoms with Crippen LogP contribution in [-0.4, -0.2) is 38.7 Å². The van der Waals surface area contributed by atoms with Crippen LogP contribution in [0.3, 0.4) is 0 Å². The van der Waals surface area contributed by atoms with Crippen molar-refractivity contribution < 1.29 is 9.53 Å². The molecule has 6 nitrogen and oxygen atoms in total. The second kappa shape index (κ2) is 7.87. The molecule has 31 heavy (non-hydrogen) atoms. The number of fused-ring (bicyclic) bond motifs is 2. The molecule has 2 aromatic carbocycles. The van der Waals surface area contributed by atoms with E-state index in [0.29, 0.717) is 25.3 Å². The molecule has 5 rings (SSSR count). The summed E-state index contributed by atoms with van der Waals surface area (Å²) in [4.78, 5) is 19.4. The van der Waals surface area contributed by atoms with Gasteiger partial charge in [0.1, 0.15) is 5.75 Å². The molecule has 3 heterocycles. The third-order valence-corrected chi connectivity index (χ3v) is 5.78. The molecule has 0 aliphatic carbocycles. The Labute approximate surface area is 181 Å².